The van der Waals surface area contributed by atoms with E-state index in [0.717, 1.165) is 5.56 Å². The topological polar surface area (TPSA) is 15.3 Å². The maximum atomic E-state index is 12.5. The first-order valence-corrected chi connectivity index (χ1v) is 6.10. The molecule has 0 amide bonds. The average molecular weight is 279 g/mol. The molecule has 100 valence electrons. The molecule has 0 aromatic heterocycles. The van der Waals surface area contributed by atoms with Crippen LogP contribution in [0.25, 0.3) is 0 Å². The van der Waals surface area contributed by atoms with Crippen LogP contribution in [0.3, 0.4) is 0 Å². The van der Waals surface area contributed by atoms with Crippen LogP contribution < -0.4 is 5.32 Å². The summed E-state index contributed by atoms with van der Waals surface area (Å²) in [4.78, 5) is 1.45. The van der Waals surface area contributed by atoms with Crippen LogP contribution in [0.4, 0.5) is 13.2 Å². The maximum Gasteiger partial charge on any atom is 0.401 e. The molecule has 1 unspecified atom stereocenters. The first-order chi connectivity index (χ1) is 8.46. The summed E-state index contributed by atoms with van der Waals surface area (Å²) in [6.45, 7) is 0.589. The van der Waals surface area contributed by atoms with Crippen LogP contribution in [0.1, 0.15) is 11.6 Å². The number of hydrogen-bond acceptors (Lipinski definition) is 2. The quantitative estimate of drug-likeness (QED) is 0.895. The number of halogens is 4. The zero-order valence-electron chi connectivity index (χ0n) is 9.67. The van der Waals surface area contributed by atoms with Gasteiger partial charge in [0.05, 0.1) is 6.54 Å². The third-order valence-electron chi connectivity index (χ3n) is 2.97. The van der Waals surface area contributed by atoms with Crippen LogP contribution in [-0.2, 0) is 0 Å². The Morgan fingerprint density at radius 2 is 2.17 bits per heavy atom. The molecule has 0 bridgehead atoms. The Bertz CT molecular complexity index is 409. The molecule has 0 radical (unpaired) electrons. The standard InChI is InChI=1S/C12H14ClF3N2/c13-10-3-1-2-9(6-10)11-7-17-4-5-18(11)8-12(14,15)16/h1-3,6,11,17H,4-5,7-8H2. The lowest BCUT2D eigenvalue weighted by atomic mass is 10.0. The van der Waals surface area contributed by atoms with Gasteiger partial charge in [0.25, 0.3) is 0 Å². The Morgan fingerprint density at radius 1 is 1.39 bits per heavy atom. The number of alkyl halides is 3. The van der Waals surface area contributed by atoms with Gasteiger partial charge in [-0.1, -0.05) is 23.7 Å². The summed E-state index contributed by atoms with van der Waals surface area (Å²) in [5, 5.41) is 3.66. The third-order valence-corrected chi connectivity index (χ3v) is 3.21. The summed E-state index contributed by atoms with van der Waals surface area (Å²) in [7, 11) is 0. The first-order valence-electron chi connectivity index (χ1n) is 5.73. The zero-order valence-corrected chi connectivity index (χ0v) is 10.4. The van der Waals surface area contributed by atoms with Crippen LogP contribution in [0, 0.1) is 0 Å². The summed E-state index contributed by atoms with van der Waals surface area (Å²) < 4.78 is 37.6. The van der Waals surface area contributed by atoms with Gasteiger partial charge in [0.2, 0.25) is 0 Å². The lowest BCUT2D eigenvalue weighted by molar-refractivity contribution is -0.152. The van der Waals surface area contributed by atoms with Crippen LogP contribution >= 0.6 is 11.6 Å². The summed E-state index contributed by atoms with van der Waals surface area (Å²) >= 11 is 5.88. The average Bonchev–Trinajstić information content (AvgIpc) is 2.27. The molecule has 0 spiro atoms. The van der Waals surface area contributed by atoms with Crippen LogP contribution in [-0.4, -0.2) is 37.3 Å². The van der Waals surface area contributed by atoms with Gasteiger partial charge in [-0.3, -0.25) is 4.90 Å². The molecule has 2 rings (SSSR count). The minimum atomic E-state index is -4.17. The summed E-state index contributed by atoms with van der Waals surface area (Å²) in [6, 6.07) is 6.74. The molecule has 1 aromatic carbocycles. The van der Waals surface area contributed by atoms with Gasteiger partial charge < -0.3 is 5.32 Å². The normalized spacial score (nSPS) is 22.1. The van der Waals surface area contributed by atoms with E-state index in [4.69, 9.17) is 11.6 Å². The van der Waals surface area contributed by atoms with Gasteiger partial charge in [-0.05, 0) is 17.7 Å². The molecule has 1 saturated heterocycles. The fraction of sp³-hybridized carbons (Fsp3) is 0.500. The van der Waals surface area contributed by atoms with Crippen molar-refractivity contribution in [1.82, 2.24) is 10.2 Å². The van der Waals surface area contributed by atoms with Gasteiger partial charge in [0.15, 0.2) is 0 Å². The van der Waals surface area contributed by atoms with Gasteiger partial charge in [-0.25, -0.2) is 0 Å². The SMILES string of the molecule is FC(F)(F)CN1CCNCC1c1cccc(Cl)c1. The first kappa shape index (κ1) is 13.6. The highest BCUT2D eigenvalue weighted by Gasteiger charge is 2.35. The summed E-state index contributed by atoms with van der Waals surface area (Å²) in [5.74, 6) is 0. The third kappa shape index (κ3) is 3.60. The van der Waals surface area contributed by atoms with Crippen LogP contribution in [0.15, 0.2) is 24.3 Å². The van der Waals surface area contributed by atoms with E-state index in [1.165, 1.54) is 4.90 Å². The lowest BCUT2D eigenvalue weighted by Gasteiger charge is -2.36. The molecular weight excluding hydrogens is 265 g/mol. The molecule has 2 nitrogen and oxygen atoms in total. The van der Waals surface area contributed by atoms with Gasteiger partial charge in [0, 0.05) is 30.7 Å². The van der Waals surface area contributed by atoms with Crippen molar-refractivity contribution in [2.24, 2.45) is 0 Å². The number of hydrogen-bond donors (Lipinski definition) is 1. The Hall–Kier alpha value is -0.780. The van der Waals surface area contributed by atoms with E-state index >= 15 is 0 Å². The van der Waals surface area contributed by atoms with E-state index in [-0.39, 0.29) is 6.04 Å². The molecule has 1 aliphatic rings. The van der Waals surface area contributed by atoms with Crippen LogP contribution in [0.2, 0.25) is 5.02 Å². The monoisotopic (exact) mass is 278 g/mol. The number of nitrogens with one attached hydrogen (secondary N) is 1. The predicted molar refractivity (Wildman–Crippen MR) is 64.7 cm³/mol. The highest BCUT2D eigenvalue weighted by Crippen LogP contribution is 2.28. The van der Waals surface area contributed by atoms with Crippen molar-refractivity contribution in [2.45, 2.75) is 12.2 Å². The van der Waals surface area contributed by atoms with Crippen molar-refractivity contribution in [1.29, 1.82) is 0 Å². The Labute approximate surface area is 109 Å². The van der Waals surface area contributed by atoms with Crippen molar-refractivity contribution >= 4 is 11.6 Å². The van der Waals surface area contributed by atoms with E-state index in [2.05, 4.69) is 5.32 Å². The molecule has 1 aliphatic heterocycles. The van der Waals surface area contributed by atoms with Crippen LogP contribution in [0.5, 0.6) is 0 Å². The fourth-order valence-electron chi connectivity index (χ4n) is 2.21. The zero-order chi connectivity index (χ0) is 13.2. The van der Waals surface area contributed by atoms with Crippen molar-refractivity contribution in [3.8, 4) is 0 Å². The Morgan fingerprint density at radius 3 is 2.83 bits per heavy atom. The molecular formula is C12H14ClF3N2. The number of benzene rings is 1. The molecule has 1 aromatic rings. The van der Waals surface area contributed by atoms with E-state index in [1.807, 2.05) is 6.07 Å². The van der Waals surface area contributed by atoms with Gasteiger partial charge in [0.1, 0.15) is 0 Å². The number of rotatable bonds is 2. The molecule has 0 saturated carbocycles. The summed E-state index contributed by atoms with van der Waals surface area (Å²) in [6.07, 6.45) is -4.17. The Kier molecular flexibility index (Phi) is 4.14. The molecule has 0 aliphatic carbocycles. The number of nitrogens with zero attached hydrogens (tertiary/aromatic N) is 1. The molecule has 6 heteroatoms. The second-order valence-corrected chi connectivity index (χ2v) is 4.80. The lowest BCUT2D eigenvalue weighted by Crippen LogP contribution is -2.49. The van der Waals surface area contributed by atoms with Crippen molar-refractivity contribution < 1.29 is 13.2 Å². The molecule has 1 N–H and O–H groups in total. The number of piperazine rings is 1. The second-order valence-electron chi connectivity index (χ2n) is 4.36. The maximum absolute atomic E-state index is 12.5. The fourth-order valence-corrected chi connectivity index (χ4v) is 2.41. The largest absolute Gasteiger partial charge is 0.401 e. The summed E-state index contributed by atoms with van der Waals surface area (Å²) in [5.41, 5.74) is 0.818. The van der Waals surface area contributed by atoms with Gasteiger partial charge in [-0.2, -0.15) is 13.2 Å². The van der Waals surface area contributed by atoms with E-state index in [1.54, 1.807) is 18.2 Å². The molecule has 1 heterocycles. The molecule has 1 fully saturated rings. The second kappa shape index (κ2) is 5.47. The minimum Gasteiger partial charge on any atom is -0.314 e. The van der Waals surface area contributed by atoms with Gasteiger partial charge >= 0.3 is 6.18 Å². The smallest absolute Gasteiger partial charge is 0.314 e. The minimum absolute atomic E-state index is 0.279. The highest BCUT2D eigenvalue weighted by molar-refractivity contribution is 6.30. The van der Waals surface area contributed by atoms with E-state index in [0.29, 0.717) is 24.7 Å². The Balaban J connectivity index is 2.17. The highest BCUT2D eigenvalue weighted by atomic mass is 35.5. The molecule has 18 heavy (non-hydrogen) atoms. The van der Waals surface area contributed by atoms with Crippen molar-refractivity contribution in [2.75, 3.05) is 26.2 Å². The van der Waals surface area contributed by atoms with E-state index in [9.17, 15) is 13.2 Å². The predicted octanol–water partition coefficient (Wildman–Crippen LogP) is 2.85. The van der Waals surface area contributed by atoms with Crippen molar-refractivity contribution in [3.05, 3.63) is 34.9 Å². The van der Waals surface area contributed by atoms with Gasteiger partial charge in [-0.15, -0.1) is 0 Å². The van der Waals surface area contributed by atoms with Crippen molar-refractivity contribution in [3.63, 3.8) is 0 Å². The molecule has 1 atom stereocenters. The van der Waals surface area contributed by atoms with E-state index < -0.39 is 12.7 Å².